The maximum Gasteiger partial charge on any atom is 0.422 e. The molecule has 0 fully saturated rings. The Balaban J connectivity index is 2.18. The van der Waals surface area contributed by atoms with Crippen LogP contribution in [-0.2, 0) is 15.9 Å². The Kier molecular flexibility index (Phi) is 6.23. The number of carbonyl (C=O) groups is 2. The molecular formula is C14H22N2O5. The molecule has 0 saturated carbocycles. The van der Waals surface area contributed by atoms with Gasteiger partial charge < -0.3 is 13.9 Å². The van der Waals surface area contributed by atoms with Gasteiger partial charge in [-0.15, -0.1) is 0 Å². The van der Waals surface area contributed by atoms with Crippen LogP contribution >= 0.6 is 0 Å². The summed E-state index contributed by atoms with van der Waals surface area (Å²) in [6.07, 6.45) is 0.845. The van der Waals surface area contributed by atoms with Crippen molar-refractivity contribution >= 4 is 12.1 Å². The van der Waals surface area contributed by atoms with Crippen molar-refractivity contribution in [3.8, 4) is 0 Å². The molecule has 118 valence electrons. The standard InChI is InChI=1S/C14H22N2O5/c1-14(2,3)21-13(18)16-15-9-5-6-10-7-8-11(20-10)12(17)19-4/h7-8,15H,5-6,9H2,1-4H3,(H,16,18). The molecule has 0 spiro atoms. The highest BCUT2D eigenvalue weighted by atomic mass is 16.6. The Bertz CT molecular complexity index is 476. The largest absolute Gasteiger partial charge is 0.463 e. The van der Waals surface area contributed by atoms with Crippen LogP contribution in [0.5, 0.6) is 0 Å². The summed E-state index contributed by atoms with van der Waals surface area (Å²) < 4.78 is 14.9. The number of carbonyl (C=O) groups excluding carboxylic acids is 2. The number of amides is 1. The summed E-state index contributed by atoms with van der Waals surface area (Å²) in [5, 5.41) is 0. The average molecular weight is 298 g/mol. The fourth-order valence-corrected chi connectivity index (χ4v) is 1.51. The molecule has 2 N–H and O–H groups in total. The van der Waals surface area contributed by atoms with Crippen LogP contribution in [0.3, 0.4) is 0 Å². The zero-order valence-electron chi connectivity index (χ0n) is 12.8. The molecule has 0 unspecified atom stereocenters. The Morgan fingerprint density at radius 1 is 1.29 bits per heavy atom. The van der Waals surface area contributed by atoms with E-state index < -0.39 is 17.7 Å². The molecule has 0 bridgehead atoms. The summed E-state index contributed by atoms with van der Waals surface area (Å²) >= 11 is 0. The molecule has 1 aromatic heterocycles. The van der Waals surface area contributed by atoms with Crippen LogP contribution in [0, 0.1) is 0 Å². The Hall–Kier alpha value is -2.02. The molecule has 0 saturated heterocycles. The number of methoxy groups -OCH3 is 1. The van der Waals surface area contributed by atoms with Crippen molar-refractivity contribution in [1.29, 1.82) is 0 Å². The lowest BCUT2D eigenvalue weighted by Gasteiger charge is -2.19. The van der Waals surface area contributed by atoms with E-state index in [2.05, 4.69) is 15.6 Å². The molecule has 21 heavy (non-hydrogen) atoms. The minimum atomic E-state index is -0.524. The summed E-state index contributed by atoms with van der Waals surface area (Å²) in [5.74, 6) is 0.382. The normalized spacial score (nSPS) is 11.0. The van der Waals surface area contributed by atoms with Crippen molar-refractivity contribution in [2.24, 2.45) is 0 Å². The number of hydrazine groups is 1. The number of nitrogens with one attached hydrogen (secondary N) is 2. The van der Waals surface area contributed by atoms with Crippen molar-refractivity contribution < 1.29 is 23.5 Å². The van der Waals surface area contributed by atoms with Gasteiger partial charge in [-0.05, 0) is 39.3 Å². The van der Waals surface area contributed by atoms with E-state index in [1.54, 1.807) is 32.9 Å². The molecule has 1 heterocycles. The van der Waals surface area contributed by atoms with Crippen molar-refractivity contribution in [2.45, 2.75) is 39.2 Å². The zero-order valence-corrected chi connectivity index (χ0v) is 12.8. The van der Waals surface area contributed by atoms with Crippen LogP contribution in [-0.4, -0.2) is 31.3 Å². The van der Waals surface area contributed by atoms with Crippen LogP contribution in [0.1, 0.15) is 43.5 Å². The first kappa shape index (κ1) is 17.0. The molecular weight excluding hydrogens is 276 g/mol. The summed E-state index contributed by atoms with van der Waals surface area (Å²) in [4.78, 5) is 22.5. The summed E-state index contributed by atoms with van der Waals surface area (Å²) in [6, 6.07) is 3.31. The first-order valence-corrected chi connectivity index (χ1v) is 6.70. The molecule has 1 amide bonds. The lowest BCUT2D eigenvalue weighted by Crippen LogP contribution is -2.41. The monoisotopic (exact) mass is 298 g/mol. The van der Waals surface area contributed by atoms with E-state index in [1.807, 2.05) is 0 Å². The van der Waals surface area contributed by atoms with Crippen molar-refractivity contribution in [3.63, 3.8) is 0 Å². The number of aryl methyl sites for hydroxylation is 1. The number of furan rings is 1. The molecule has 0 atom stereocenters. The highest BCUT2D eigenvalue weighted by Crippen LogP contribution is 2.10. The van der Waals surface area contributed by atoms with Gasteiger partial charge in [-0.2, -0.15) is 0 Å². The predicted molar refractivity (Wildman–Crippen MR) is 75.7 cm³/mol. The van der Waals surface area contributed by atoms with E-state index in [0.717, 1.165) is 6.42 Å². The number of hydrogen-bond acceptors (Lipinski definition) is 6. The Morgan fingerprint density at radius 2 is 2.00 bits per heavy atom. The van der Waals surface area contributed by atoms with Gasteiger partial charge >= 0.3 is 12.1 Å². The summed E-state index contributed by atoms with van der Waals surface area (Å²) in [7, 11) is 1.30. The third-order valence-electron chi connectivity index (χ3n) is 2.36. The molecule has 0 aliphatic rings. The first-order valence-electron chi connectivity index (χ1n) is 6.70. The highest BCUT2D eigenvalue weighted by molar-refractivity contribution is 5.86. The second-order valence-corrected chi connectivity index (χ2v) is 5.41. The van der Waals surface area contributed by atoms with E-state index in [0.29, 0.717) is 18.7 Å². The minimum Gasteiger partial charge on any atom is -0.463 e. The molecule has 7 heteroatoms. The van der Waals surface area contributed by atoms with Crippen molar-refractivity contribution in [3.05, 3.63) is 23.7 Å². The third-order valence-corrected chi connectivity index (χ3v) is 2.36. The predicted octanol–water partition coefficient (Wildman–Crippen LogP) is 2.03. The molecule has 0 aromatic carbocycles. The van der Waals surface area contributed by atoms with Gasteiger partial charge in [-0.3, -0.25) is 5.43 Å². The number of rotatable bonds is 6. The second kappa shape index (κ2) is 7.68. The fraction of sp³-hybridized carbons (Fsp3) is 0.571. The maximum atomic E-state index is 11.3. The number of esters is 1. The zero-order chi connectivity index (χ0) is 15.9. The van der Waals surface area contributed by atoms with Crippen LogP contribution in [0.4, 0.5) is 4.79 Å². The molecule has 0 aliphatic carbocycles. The quantitative estimate of drug-likeness (QED) is 0.474. The van der Waals surface area contributed by atoms with Gasteiger partial charge in [0.25, 0.3) is 0 Å². The minimum absolute atomic E-state index is 0.187. The number of hydrogen-bond donors (Lipinski definition) is 2. The van der Waals surface area contributed by atoms with Gasteiger partial charge in [0.15, 0.2) is 0 Å². The van der Waals surface area contributed by atoms with Crippen LogP contribution in [0.25, 0.3) is 0 Å². The van der Waals surface area contributed by atoms with Crippen LogP contribution < -0.4 is 10.9 Å². The van der Waals surface area contributed by atoms with Gasteiger partial charge in [0.05, 0.1) is 7.11 Å². The van der Waals surface area contributed by atoms with Crippen LogP contribution in [0.2, 0.25) is 0 Å². The van der Waals surface area contributed by atoms with E-state index >= 15 is 0 Å². The van der Waals surface area contributed by atoms with Crippen molar-refractivity contribution in [1.82, 2.24) is 10.9 Å². The fourth-order valence-electron chi connectivity index (χ4n) is 1.51. The molecule has 7 nitrogen and oxygen atoms in total. The van der Waals surface area contributed by atoms with Gasteiger partial charge in [-0.25, -0.2) is 15.0 Å². The first-order chi connectivity index (χ1) is 9.81. The van der Waals surface area contributed by atoms with E-state index in [4.69, 9.17) is 9.15 Å². The highest BCUT2D eigenvalue weighted by Gasteiger charge is 2.15. The second-order valence-electron chi connectivity index (χ2n) is 5.41. The topological polar surface area (TPSA) is 89.8 Å². The van der Waals surface area contributed by atoms with Gasteiger partial charge in [0.1, 0.15) is 11.4 Å². The SMILES string of the molecule is COC(=O)c1ccc(CCCNNC(=O)OC(C)(C)C)o1. The molecule has 1 rings (SSSR count). The van der Waals surface area contributed by atoms with E-state index in [-0.39, 0.29) is 5.76 Å². The number of ether oxygens (including phenoxy) is 2. The molecule has 0 aliphatic heterocycles. The smallest absolute Gasteiger partial charge is 0.422 e. The molecule has 0 radical (unpaired) electrons. The van der Waals surface area contributed by atoms with Gasteiger partial charge in [-0.1, -0.05) is 0 Å². The third kappa shape index (κ3) is 6.80. The summed E-state index contributed by atoms with van der Waals surface area (Å²) in [6.45, 7) is 5.93. The maximum absolute atomic E-state index is 11.3. The lowest BCUT2D eigenvalue weighted by atomic mass is 10.2. The van der Waals surface area contributed by atoms with E-state index in [9.17, 15) is 9.59 Å². The lowest BCUT2D eigenvalue weighted by molar-refractivity contribution is 0.0496. The Morgan fingerprint density at radius 3 is 2.62 bits per heavy atom. The van der Waals surface area contributed by atoms with E-state index in [1.165, 1.54) is 7.11 Å². The average Bonchev–Trinajstić information content (AvgIpc) is 2.84. The van der Waals surface area contributed by atoms with Crippen LogP contribution in [0.15, 0.2) is 16.5 Å². The van der Waals surface area contributed by atoms with Gasteiger partial charge in [0, 0.05) is 13.0 Å². The summed E-state index contributed by atoms with van der Waals surface area (Å²) in [5.41, 5.74) is 4.68. The van der Waals surface area contributed by atoms with Gasteiger partial charge in [0.2, 0.25) is 5.76 Å². The Labute approximate surface area is 123 Å². The van der Waals surface area contributed by atoms with Crippen molar-refractivity contribution in [2.75, 3.05) is 13.7 Å². The molecule has 1 aromatic rings.